The van der Waals surface area contributed by atoms with E-state index < -0.39 is 105 Å². The average Bonchev–Trinajstić information content (AvgIpc) is 2.76. The van der Waals surface area contributed by atoms with Crippen molar-refractivity contribution in [1.29, 1.82) is 0 Å². The van der Waals surface area contributed by atoms with E-state index in [-0.39, 0.29) is 12.1 Å². The highest BCUT2D eigenvalue weighted by molar-refractivity contribution is 5.58. The minimum absolute atomic E-state index is 0.201. The molecule has 0 saturated heterocycles. The molecule has 0 unspecified atom stereocenters. The Morgan fingerprint density at radius 1 is 0.486 bits per heavy atom. The molecule has 4 N–H and O–H groups in total. The van der Waals surface area contributed by atoms with Crippen molar-refractivity contribution in [3.05, 3.63) is 70.0 Å². The Balaban J connectivity index is 2.39. The van der Waals surface area contributed by atoms with Gasteiger partial charge in [0.2, 0.25) is 0 Å². The lowest BCUT2D eigenvalue weighted by atomic mass is 10.0. The van der Waals surface area contributed by atoms with Gasteiger partial charge in [-0.25, -0.2) is 30.7 Å². The van der Waals surface area contributed by atoms with Crippen LogP contribution in [-0.2, 0) is 12.4 Å². The molecule has 0 fully saturated rings. The first-order valence-electron chi connectivity index (χ1n) is 9.08. The van der Waals surface area contributed by atoms with Gasteiger partial charge >= 0.3 is 12.4 Å². The predicted molar refractivity (Wildman–Crippen MR) is 98.0 cm³/mol. The van der Waals surface area contributed by atoms with Crippen LogP contribution in [-0.4, -0.2) is 0 Å². The van der Waals surface area contributed by atoms with Crippen molar-refractivity contribution in [2.75, 3.05) is 11.5 Å². The number of alkyl halides is 6. The summed E-state index contributed by atoms with van der Waals surface area (Å²) >= 11 is 0. The van der Waals surface area contributed by atoms with Gasteiger partial charge in [0.1, 0.15) is 34.1 Å². The molecule has 37 heavy (non-hydrogen) atoms. The molecule has 0 atom stereocenters. The van der Waals surface area contributed by atoms with Gasteiger partial charge in [-0.05, 0) is 0 Å². The molecule has 0 bridgehead atoms. The van der Waals surface area contributed by atoms with Crippen LogP contribution >= 0.6 is 0 Å². The average molecular weight is 554 g/mol. The molecule has 0 amide bonds. The second kappa shape index (κ2) is 9.11. The summed E-state index contributed by atoms with van der Waals surface area (Å²) in [4.78, 5) is 0. The van der Waals surface area contributed by atoms with Gasteiger partial charge in [0.25, 0.3) is 0 Å². The maximum Gasteiger partial charge on any atom is 0.423 e. The first-order chi connectivity index (χ1) is 16.9. The number of nitrogen functional groups attached to an aromatic ring is 2. The van der Waals surface area contributed by atoms with E-state index in [4.69, 9.17) is 11.5 Å². The molecule has 0 aliphatic rings. The fourth-order valence-electron chi connectivity index (χ4n) is 2.90. The van der Waals surface area contributed by atoms with Crippen molar-refractivity contribution in [2.24, 2.45) is 0 Å². The molecule has 0 saturated carbocycles. The van der Waals surface area contributed by atoms with Crippen molar-refractivity contribution in [1.82, 2.24) is 0 Å². The summed E-state index contributed by atoms with van der Waals surface area (Å²) in [6.45, 7) is 0. The Morgan fingerprint density at radius 2 is 0.865 bits per heavy atom. The van der Waals surface area contributed by atoms with Gasteiger partial charge in [-0.2, -0.15) is 26.3 Å². The molecule has 3 rings (SSSR count). The van der Waals surface area contributed by atoms with Crippen LogP contribution < -0.4 is 20.9 Å². The summed E-state index contributed by atoms with van der Waals surface area (Å²) in [6.07, 6.45) is -12.0. The van der Waals surface area contributed by atoms with E-state index in [0.29, 0.717) is 0 Å². The first-order valence-corrected chi connectivity index (χ1v) is 9.08. The summed E-state index contributed by atoms with van der Waals surface area (Å²) in [5.74, 6) is -23.1. The second-order valence-corrected chi connectivity index (χ2v) is 6.93. The smallest absolute Gasteiger partial charge is 0.423 e. The number of anilines is 2. The number of halogens is 13. The van der Waals surface area contributed by atoms with Crippen molar-refractivity contribution in [3.8, 4) is 23.0 Å². The number of nitrogens with two attached hydrogens (primary N) is 2. The lowest BCUT2D eigenvalue weighted by Gasteiger charge is -2.23. The molecule has 0 spiro atoms. The van der Waals surface area contributed by atoms with Crippen LogP contribution in [0.1, 0.15) is 11.1 Å². The summed E-state index contributed by atoms with van der Waals surface area (Å²) in [7, 11) is 0. The maximum absolute atomic E-state index is 14.5. The normalized spacial score (nSPS) is 12.1. The fraction of sp³-hybridized carbons (Fsp3) is 0.100. The SMILES string of the molecule is Nc1c(F)c(F)cc(Oc2cc(F)c(C(F)(F)F)c(Oc3cc(F)c(F)c(N)c3F)c2C(F)(F)F)c1F. The van der Waals surface area contributed by atoms with E-state index in [1.54, 1.807) is 0 Å². The van der Waals surface area contributed by atoms with Gasteiger partial charge < -0.3 is 20.9 Å². The van der Waals surface area contributed by atoms with Gasteiger partial charge in [-0.3, -0.25) is 0 Å². The van der Waals surface area contributed by atoms with Crippen LogP contribution in [0, 0.1) is 40.7 Å². The van der Waals surface area contributed by atoms with Crippen LogP contribution in [0.5, 0.6) is 23.0 Å². The summed E-state index contributed by atoms with van der Waals surface area (Å²) < 4.78 is 188. The van der Waals surface area contributed by atoms with Crippen molar-refractivity contribution in [2.45, 2.75) is 12.4 Å². The molecule has 0 aliphatic carbocycles. The van der Waals surface area contributed by atoms with Gasteiger partial charge in [0.05, 0.1) is 0 Å². The minimum atomic E-state index is -6.01. The number of benzene rings is 3. The highest BCUT2D eigenvalue weighted by Crippen LogP contribution is 2.52. The maximum atomic E-state index is 14.5. The zero-order chi connectivity index (χ0) is 28.2. The van der Waals surface area contributed by atoms with Crippen molar-refractivity contribution < 1.29 is 66.5 Å². The second-order valence-electron chi connectivity index (χ2n) is 6.93. The molecular formula is C20H7F13N2O2. The predicted octanol–water partition coefficient (Wildman–Crippen LogP) is 7.45. The van der Waals surface area contributed by atoms with E-state index in [2.05, 4.69) is 9.47 Å². The zero-order valence-electron chi connectivity index (χ0n) is 17.1. The number of rotatable bonds is 4. The van der Waals surface area contributed by atoms with Gasteiger partial charge in [-0.1, -0.05) is 0 Å². The lowest BCUT2D eigenvalue weighted by molar-refractivity contribution is -0.147. The van der Waals surface area contributed by atoms with E-state index >= 15 is 0 Å². The molecular weight excluding hydrogens is 547 g/mol. The Morgan fingerprint density at radius 3 is 1.27 bits per heavy atom. The Bertz CT molecular complexity index is 1400. The quantitative estimate of drug-likeness (QED) is 0.200. The third kappa shape index (κ3) is 4.97. The monoisotopic (exact) mass is 554 g/mol. The summed E-state index contributed by atoms with van der Waals surface area (Å²) in [5.41, 5.74) is 0.901. The highest BCUT2D eigenvalue weighted by Gasteiger charge is 2.48. The topological polar surface area (TPSA) is 70.5 Å². The van der Waals surface area contributed by atoms with Crippen molar-refractivity contribution >= 4 is 11.4 Å². The van der Waals surface area contributed by atoms with E-state index in [9.17, 15) is 57.1 Å². The van der Waals surface area contributed by atoms with E-state index in [1.807, 2.05) is 0 Å². The van der Waals surface area contributed by atoms with Crippen LogP contribution in [0.4, 0.5) is 68.5 Å². The van der Waals surface area contributed by atoms with E-state index in [0.717, 1.165) is 0 Å². The number of ether oxygens (including phenoxy) is 2. The zero-order valence-corrected chi connectivity index (χ0v) is 17.1. The van der Waals surface area contributed by atoms with Crippen molar-refractivity contribution in [3.63, 3.8) is 0 Å². The van der Waals surface area contributed by atoms with E-state index in [1.165, 1.54) is 0 Å². The molecule has 0 radical (unpaired) electrons. The Labute approximate surface area is 195 Å². The number of hydrogen-bond donors (Lipinski definition) is 2. The fourth-order valence-corrected chi connectivity index (χ4v) is 2.90. The molecule has 3 aromatic rings. The number of hydrogen-bond acceptors (Lipinski definition) is 4. The molecule has 0 heterocycles. The molecule has 17 heteroatoms. The largest absolute Gasteiger partial charge is 0.453 e. The molecule has 200 valence electrons. The standard InChI is InChI=1S/C20H7F13N2O2/c21-4-1-7(36-8-2-5(22)12(24)16(34)14(8)26)11(20(31,32)33)18(10(4)19(28,29)30)37-9-3-6(23)13(25)17(35)15(9)27/h1-3H,34-35H2. The van der Waals surface area contributed by atoms with Crippen LogP contribution in [0.15, 0.2) is 18.2 Å². The molecule has 3 aromatic carbocycles. The Hall–Kier alpha value is -4.05. The highest BCUT2D eigenvalue weighted by atomic mass is 19.4. The summed E-state index contributed by atoms with van der Waals surface area (Å²) in [6, 6.07) is -1.10. The van der Waals surface area contributed by atoms with Crippen LogP contribution in [0.2, 0.25) is 0 Å². The third-order valence-corrected chi connectivity index (χ3v) is 4.51. The molecule has 4 nitrogen and oxygen atoms in total. The minimum Gasteiger partial charge on any atom is -0.453 e. The third-order valence-electron chi connectivity index (χ3n) is 4.51. The molecule has 0 aliphatic heterocycles. The lowest BCUT2D eigenvalue weighted by Crippen LogP contribution is -2.18. The van der Waals surface area contributed by atoms with Gasteiger partial charge in [0, 0.05) is 18.2 Å². The van der Waals surface area contributed by atoms with Gasteiger partial charge in [0.15, 0.2) is 52.2 Å². The Kier molecular flexibility index (Phi) is 6.78. The van der Waals surface area contributed by atoms with Crippen LogP contribution in [0.3, 0.4) is 0 Å². The molecule has 0 aromatic heterocycles. The van der Waals surface area contributed by atoms with Crippen LogP contribution in [0.25, 0.3) is 0 Å². The summed E-state index contributed by atoms with van der Waals surface area (Å²) in [5, 5.41) is 0. The first kappa shape index (κ1) is 27.5. The van der Waals surface area contributed by atoms with Gasteiger partial charge in [-0.15, -0.1) is 0 Å².